The van der Waals surface area contributed by atoms with Crippen LogP contribution >= 0.6 is 0 Å². The lowest BCUT2D eigenvalue weighted by molar-refractivity contribution is 0.190. The number of para-hydroxylation sites is 2. The molecule has 25 heavy (non-hydrogen) atoms. The van der Waals surface area contributed by atoms with Crippen LogP contribution in [0, 0.1) is 13.8 Å². The lowest BCUT2D eigenvalue weighted by Crippen LogP contribution is -2.40. The minimum atomic E-state index is -0.120. The van der Waals surface area contributed by atoms with Gasteiger partial charge in [-0.15, -0.1) is 0 Å². The van der Waals surface area contributed by atoms with Gasteiger partial charge >= 0.3 is 6.03 Å². The number of anilines is 1. The number of likely N-dealkylation sites (tertiary alicyclic amines) is 1. The maximum atomic E-state index is 12.5. The quantitative estimate of drug-likeness (QED) is 0.766. The summed E-state index contributed by atoms with van der Waals surface area (Å²) >= 11 is 0. The van der Waals surface area contributed by atoms with E-state index in [2.05, 4.69) is 15.5 Å². The first-order valence-electron chi connectivity index (χ1n) is 8.46. The number of hydrogen-bond acceptors (Lipinski definition) is 5. The van der Waals surface area contributed by atoms with Crippen molar-refractivity contribution in [2.24, 2.45) is 0 Å². The number of benzene rings is 1. The molecule has 7 nitrogen and oxygen atoms in total. The standard InChI is InChI=1S/C18H20N4O3/c1-11-16(12(2)25-21-11)20-18(23)22-9-7-13(8-10-22)17-19-14-5-3-4-6-15(14)24-17/h3-6,13H,7-10H2,1-2H3,(H,20,23). The van der Waals surface area contributed by atoms with Gasteiger partial charge in [0.2, 0.25) is 0 Å². The molecule has 0 atom stereocenters. The van der Waals surface area contributed by atoms with Crippen LogP contribution in [0.1, 0.15) is 36.1 Å². The molecule has 0 spiro atoms. The summed E-state index contributed by atoms with van der Waals surface area (Å²) in [5.74, 6) is 1.63. The molecule has 1 fully saturated rings. The maximum absolute atomic E-state index is 12.5. The topological polar surface area (TPSA) is 84.4 Å². The number of piperidine rings is 1. The molecule has 1 aliphatic heterocycles. The zero-order valence-electron chi connectivity index (χ0n) is 14.3. The smallest absolute Gasteiger partial charge is 0.321 e. The Balaban J connectivity index is 1.40. The van der Waals surface area contributed by atoms with Gasteiger partial charge in [-0.1, -0.05) is 17.3 Å². The van der Waals surface area contributed by atoms with Crippen LogP contribution in [0.4, 0.5) is 10.5 Å². The minimum absolute atomic E-state index is 0.120. The Hall–Kier alpha value is -2.83. The number of aromatic nitrogens is 2. The van der Waals surface area contributed by atoms with Gasteiger partial charge in [0.05, 0.1) is 0 Å². The van der Waals surface area contributed by atoms with Crippen molar-refractivity contribution in [2.45, 2.75) is 32.6 Å². The van der Waals surface area contributed by atoms with Crippen LogP contribution in [0.25, 0.3) is 11.1 Å². The Morgan fingerprint density at radius 1 is 1.24 bits per heavy atom. The van der Waals surface area contributed by atoms with Gasteiger partial charge in [-0.25, -0.2) is 9.78 Å². The van der Waals surface area contributed by atoms with Crippen LogP contribution in [0.2, 0.25) is 0 Å². The monoisotopic (exact) mass is 340 g/mol. The van der Waals surface area contributed by atoms with Gasteiger partial charge in [0.1, 0.15) is 16.9 Å². The zero-order valence-corrected chi connectivity index (χ0v) is 14.3. The maximum Gasteiger partial charge on any atom is 0.321 e. The molecule has 4 rings (SSSR count). The van der Waals surface area contributed by atoms with E-state index in [-0.39, 0.29) is 11.9 Å². The lowest BCUT2D eigenvalue weighted by atomic mass is 9.97. The first kappa shape index (κ1) is 15.7. The molecule has 1 N–H and O–H groups in total. The number of carbonyl (C=O) groups is 1. The molecule has 0 saturated carbocycles. The van der Waals surface area contributed by atoms with E-state index in [1.807, 2.05) is 36.1 Å². The van der Waals surface area contributed by atoms with E-state index in [0.29, 0.717) is 30.2 Å². The Labute approximate surface area is 145 Å². The van der Waals surface area contributed by atoms with Gasteiger partial charge in [-0.2, -0.15) is 0 Å². The van der Waals surface area contributed by atoms with Gasteiger partial charge in [0, 0.05) is 19.0 Å². The summed E-state index contributed by atoms with van der Waals surface area (Å²) in [7, 11) is 0. The van der Waals surface area contributed by atoms with Crippen LogP contribution in [-0.4, -0.2) is 34.2 Å². The second-order valence-electron chi connectivity index (χ2n) is 6.41. The molecular formula is C18H20N4O3. The number of rotatable bonds is 2. The summed E-state index contributed by atoms with van der Waals surface area (Å²) in [5, 5.41) is 6.75. The van der Waals surface area contributed by atoms with Crippen LogP contribution < -0.4 is 5.32 Å². The molecule has 0 unspecified atom stereocenters. The molecule has 7 heteroatoms. The van der Waals surface area contributed by atoms with E-state index >= 15 is 0 Å². The molecule has 2 aromatic heterocycles. The summed E-state index contributed by atoms with van der Waals surface area (Å²) in [6, 6.07) is 7.66. The third-order valence-corrected chi connectivity index (χ3v) is 4.71. The molecule has 3 heterocycles. The Bertz CT molecular complexity index is 854. The third-order valence-electron chi connectivity index (χ3n) is 4.71. The fourth-order valence-corrected chi connectivity index (χ4v) is 3.24. The number of aryl methyl sites for hydroxylation is 2. The van der Waals surface area contributed by atoms with Crippen molar-refractivity contribution in [3.8, 4) is 0 Å². The van der Waals surface area contributed by atoms with Crippen molar-refractivity contribution >= 4 is 22.8 Å². The van der Waals surface area contributed by atoms with E-state index in [1.54, 1.807) is 6.92 Å². The van der Waals surface area contributed by atoms with Gasteiger partial charge in [-0.05, 0) is 38.8 Å². The number of fused-ring (bicyclic) bond motifs is 1. The zero-order chi connectivity index (χ0) is 17.4. The highest BCUT2D eigenvalue weighted by Crippen LogP contribution is 2.30. The number of nitrogens with one attached hydrogen (secondary N) is 1. The second kappa shape index (κ2) is 6.23. The summed E-state index contributed by atoms with van der Waals surface area (Å²) in [6.07, 6.45) is 1.67. The molecule has 2 amide bonds. The number of urea groups is 1. The summed E-state index contributed by atoms with van der Waals surface area (Å²) in [6.45, 7) is 4.93. The van der Waals surface area contributed by atoms with Gasteiger partial charge in [-0.3, -0.25) is 0 Å². The number of carbonyl (C=O) groups excluding carboxylic acids is 1. The van der Waals surface area contributed by atoms with E-state index in [1.165, 1.54) is 0 Å². The predicted molar refractivity (Wildman–Crippen MR) is 92.6 cm³/mol. The summed E-state index contributed by atoms with van der Waals surface area (Å²) in [5.41, 5.74) is 3.05. The molecule has 3 aromatic rings. The van der Waals surface area contributed by atoms with Crippen LogP contribution in [0.3, 0.4) is 0 Å². The number of hydrogen-bond donors (Lipinski definition) is 1. The lowest BCUT2D eigenvalue weighted by Gasteiger charge is -2.30. The highest BCUT2D eigenvalue weighted by Gasteiger charge is 2.27. The van der Waals surface area contributed by atoms with Crippen molar-refractivity contribution in [3.63, 3.8) is 0 Å². The molecule has 0 aliphatic carbocycles. The van der Waals surface area contributed by atoms with Crippen LogP contribution in [0.5, 0.6) is 0 Å². The van der Waals surface area contributed by atoms with Crippen molar-refractivity contribution in [3.05, 3.63) is 41.6 Å². The number of oxazole rings is 1. The van der Waals surface area contributed by atoms with Crippen LogP contribution in [0.15, 0.2) is 33.2 Å². The van der Waals surface area contributed by atoms with Crippen molar-refractivity contribution in [1.82, 2.24) is 15.0 Å². The van der Waals surface area contributed by atoms with E-state index < -0.39 is 0 Å². The fraction of sp³-hybridized carbons (Fsp3) is 0.389. The fourth-order valence-electron chi connectivity index (χ4n) is 3.24. The van der Waals surface area contributed by atoms with Crippen LogP contribution in [-0.2, 0) is 0 Å². The first-order valence-corrected chi connectivity index (χ1v) is 8.46. The molecule has 1 saturated heterocycles. The Morgan fingerprint density at radius 3 is 2.68 bits per heavy atom. The highest BCUT2D eigenvalue weighted by atomic mass is 16.5. The third kappa shape index (κ3) is 2.97. The van der Waals surface area contributed by atoms with E-state index in [4.69, 9.17) is 8.94 Å². The average molecular weight is 340 g/mol. The second-order valence-corrected chi connectivity index (χ2v) is 6.41. The summed E-state index contributed by atoms with van der Waals surface area (Å²) in [4.78, 5) is 18.9. The minimum Gasteiger partial charge on any atom is -0.440 e. The molecule has 1 aliphatic rings. The molecule has 0 radical (unpaired) electrons. The van der Waals surface area contributed by atoms with Crippen molar-refractivity contribution < 1.29 is 13.7 Å². The SMILES string of the molecule is Cc1noc(C)c1NC(=O)N1CCC(c2nc3ccccc3o2)CC1. The van der Waals surface area contributed by atoms with Crippen molar-refractivity contribution in [2.75, 3.05) is 18.4 Å². The van der Waals surface area contributed by atoms with E-state index in [9.17, 15) is 4.79 Å². The van der Waals surface area contributed by atoms with E-state index in [0.717, 1.165) is 29.8 Å². The summed E-state index contributed by atoms with van der Waals surface area (Å²) < 4.78 is 11.0. The van der Waals surface area contributed by atoms with Gasteiger partial charge in [0.15, 0.2) is 17.2 Å². The molecular weight excluding hydrogens is 320 g/mol. The first-order chi connectivity index (χ1) is 12.1. The largest absolute Gasteiger partial charge is 0.440 e. The van der Waals surface area contributed by atoms with Crippen molar-refractivity contribution in [1.29, 1.82) is 0 Å². The normalized spacial score (nSPS) is 15.7. The van der Waals surface area contributed by atoms with Gasteiger partial charge in [0.25, 0.3) is 0 Å². The number of nitrogens with zero attached hydrogens (tertiary/aromatic N) is 3. The number of amides is 2. The predicted octanol–water partition coefficient (Wildman–Crippen LogP) is 3.84. The molecule has 1 aromatic carbocycles. The highest BCUT2D eigenvalue weighted by molar-refractivity contribution is 5.90. The van der Waals surface area contributed by atoms with Gasteiger partial charge < -0.3 is 19.2 Å². The Morgan fingerprint density at radius 2 is 2.00 bits per heavy atom. The molecule has 130 valence electrons. The average Bonchev–Trinajstić information content (AvgIpc) is 3.20. The Kier molecular flexibility index (Phi) is 3.91. The molecule has 0 bridgehead atoms.